The molecule has 1 aromatic heterocycles. The Morgan fingerprint density at radius 2 is 2.16 bits per heavy atom. The van der Waals surface area contributed by atoms with Gasteiger partial charge in [0.2, 0.25) is 11.1 Å². The molecule has 0 unspecified atom stereocenters. The van der Waals surface area contributed by atoms with Crippen LogP contribution in [0.15, 0.2) is 5.16 Å². The lowest BCUT2D eigenvalue weighted by molar-refractivity contribution is -0.129. The van der Waals surface area contributed by atoms with Crippen LogP contribution < -0.4 is 0 Å². The number of piperidine rings is 1. The Kier molecular flexibility index (Phi) is 5.69. The minimum atomic E-state index is 0.213. The molecule has 0 atom stereocenters. The van der Waals surface area contributed by atoms with E-state index >= 15 is 0 Å². The van der Waals surface area contributed by atoms with E-state index in [4.69, 9.17) is 0 Å². The average Bonchev–Trinajstić information content (AvgIpc) is 2.91. The summed E-state index contributed by atoms with van der Waals surface area (Å²) in [6.45, 7) is 3.98. The van der Waals surface area contributed by atoms with E-state index in [0.717, 1.165) is 51.0 Å². The van der Waals surface area contributed by atoms with Crippen molar-refractivity contribution < 1.29 is 4.79 Å². The first-order valence-corrected chi connectivity index (χ1v) is 8.10. The lowest BCUT2D eigenvalue weighted by atomic mass is 10.1. The van der Waals surface area contributed by atoms with Gasteiger partial charge in [0.05, 0.1) is 5.75 Å². The van der Waals surface area contributed by atoms with E-state index in [9.17, 15) is 4.79 Å². The molecule has 1 saturated heterocycles. The summed E-state index contributed by atoms with van der Waals surface area (Å²) >= 11 is 1.43. The summed E-state index contributed by atoms with van der Waals surface area (Å²) < 4.78 is 0. The summed E-state index contributed by atoms with van der Waals surface area (Å²) in [5.74, 6) is 1.59. The van der Waals surface area contributed by atoms with Gasteiger partial charge in [0.15, 0.2) is 0 Å². The standard InChI is InChI=1S/C13H22N4OS/c1-2-3-7-11-14-13(16-15-11)19-10-12(18)17-8-5-4-6-9-17/h2-10H2,1H3,(H,14,15,16). The van der Waals surface area contributed by atoms with Gasteiger partial charge in [-0.2, -0.15) is 0 Å². The number of nitrogens with zero attached hydrogens (tertiary/aromatic N) is 3. The highest BCUT2D eigenvalue weighted by Crippen LogP contribution is 2.16. The minimum Gasteiger partial charge on any atom is -0.342 e. The second-order valence-electron chi connectivity index (χ2n) is 4.90. The first kappa shape index (κ1) is 14.4. The third kappa shape index (κ3) is 4.53. The van der Waals surface area contributed by atoms with Crippen LogP contribution >= 0.6 is 11.8 Å². The highest BCUT2D eigenvalue weighted by molar-refractivity contribution is 7.99. The fraction of sp³-hybridized carbons (Fsp3) is 0.769. The zero-order valence-electron chi connectivity index (χ0n) is 11.5. The quantitative estimate of drug-likeness (QED) is 0.813. The second-order valence-corrected chi connectivity index (χ2v) is 5.84. The molecule has 0 bridgehead atoms. The summed E-state index contributed by atoms with van der Waals surface area (Å²) in [5, 5.41) is 7.77. The van der Waals surface area contributed by atoms with E-state index in [0.29, 0.717) is 10.9 Å². The molecular weight excluding hydrogens is 260 g/mol. The lowest BCUT2D eigenvalue weighted by Crippen LogP contribution is -2.36. The van der Waals surface area contributed by atoms with Crippen molar-refractivity contribution in [3.63, 3.8) is 0 Å². The molecule has 0 spiro atoms. The molecule has 106 valence electrons. The van der Waals surface area contributed by atoms with Crippen molar-refractivity contribution in [3.8, 4) is 0 Å². The van der Waals surface area contributed by atoms with Crippen LogP contribution in [0.1, 0.15) is 44.9 Å². The third-order valence-corrected chi connectivity index (χ3v) is 4.14. The number of hydrogen-bond acceptors (Lipinski definition) is 4. The van der Waals surface area contributed by atoms with E-state index in [2.05, 4.69) is 22.1 Å². The number of H-pyrrole nitrogens is 1. The topological polar surface area (TPSA) is 61.9 Å². The van der Waals surface area contributed by atoms with Crippen LogP contribution in [0.5, 0.6) is 0 Å². The van der Waals surface area contributed by atoms with E-state index in [1.807, 2.05) is 4.90 Å². The average molecular weight is 282 g/mol. The van der Waals surface area contributed by atoms with Gasteiger partial charge in [0.25, 0.3) is 0 Å². The predicted molar refractivity (Wildman–Crippen MR) is 76.1 cm³/mol. The maximum atomic E-state index is 12.0. The van der Waals surface area contributed by atoms with Gasteiger partial charge in [-0.3, -0.25) is 9.89 Å². The van der Waals surface area contributed by atoms with E-state index in [1.54, 1.807) is 0 Å². The number of hydrogen-bond donors (Lipinski definition) is 1. The van der Waals surface area contributed by atoms with Gasteiger partial charge < -0.3 is 4.90 Å². The highest BCUT2D eigenvalue weighted by Gasteiger charge is 2.17. The number of rotatable bonds is 6. The van der Waals surface area contributed by atoms with Gasteiger partial charge in [0, 0.05) is 19.5 Å². The molecule has 2 rings (SSSR count). The van der Waals surface area contributed by atoms with Crippen molar-refractivity contribution in [2.75, 3.05) is 18.8 Å². The molecule has 1 aliphatic heterocycles. The van der Waals surface area contributed by atoms with Crippen LogP contribution in [0.25, 0.3) is 0 Å². The van der Waals surface area contributed by atoms with Crippen LogP contribution in [-0.4, -0.2) is 44.8 Å². The molecule has 19 heavy (non-hydrogen) atoms. The molecule has 1 amide bonds. The largest absolute Gasteiger partial charge is 0.342 e. The number of carbonyl (C=O) groups excluding carboxylic acids is 1. The number of aromatic amines is 1. The van der Waals surface area contributed by atoms with E-state index in [-0.39, 0.29) is 5.91 Å². The summed E-state index contributed by atoms with van der Waals surface area (Å²) in [6, 6.07) is 0. The summed E-state index contributed by atoms with van der Waals surface area (Å²) in [7, 11) is 0. The van der Waals surface area contributed by atoms with Crippen LogP contribution in [0.2, 0.25) is 0 Å². The predicted octanol–water partition coefficient (Wildman–Crippen LogP) is 2.25. The Morgan fingerprint density at radius 1 is 1.37 bits per heavy atom. The van der Waals surface area contributed by atoms with Crippen LogP contribution in [0.4, 0.5) is 0 Å². The summed E-state index contributed by atoms with van der Waals surface area (Å²) in [6.07, 6.45) is 6.72. The van der Waals surface area contributed by atoms with Gasteiger partial charge in [-0.15, -0.1) is 5.10 Å². The normalized spacial score (nSPS) is 15.7. The molecule has 2 heterocycles. The molecule has 0 aliphatic carbocycles. The Hall–Kier alpha value is -1.04. The van der Waals surface area contributed by atoms with Crippen molar-refractivity contribution >= 4 is 17.7 Å². The summed E-state index contributed by atoms with van der Waals surface area (Å²) in [5.41, 5.74) is 0. The Labute approximate surface area is 118 Å². The fourth-order valence-electron chi connectivity index (χ4n) is 2.16. The van der Waals surface area contributed by atoms with Crippen molar-refractivity contribution in [2.45, 2.75) is 50.6 Å². The molecule has 0 saturated carbocycles. The van der Waals surface area contributed by atoms with Gasteiger partial charge in [-0.25, -0.2) is 4.98 Å². The Morgan fingerprint density at radius 3 is 2.89 bits per heavy atom. The molecule has 1 N–H and O–H groups in total. The molecular formula is C13H22N4OS. The first-order valence-electron chi connectivity index (χ1n) is 7.11. The lowest BCUT2D eigenvalue weighted by Gasteiger charge is -2.26. The maximum Gasteiger partial charge on any atom is 0.233 e. The van der Waals surface area contributed by atoms with Gasteiger partial charge >= 0.3 is 0 Å². The maximum absolute atomic E-state index is 12.0. The number of unbranched alkanes of at least 4 members (excludes halogenated alkanes) is 1. The van der Waals surface area contributed by atoms with Crippen molar-refractivity contribution in [2.24, 2.45) is 0 Å². The van der Waals surface area contributed by atoms with Crippen molar-refractivity contribution in [1.82, 2.24) is 20.1 Å². The smallest absolute Gasteiger partial charge is 0.233 e. The molecule has 1 fully saturated rings. The molecule has 1 aromatic rings. The molecule has 0 radical (unpaired) electrons. The Balaban J connectivity index is 1.74. The zero-order chi connectivity index (χ0) is 13.5. The van der Waals surface area contributed by atoms with Crippen LogP contribution in [0, 0.1) is 0 Å². The number of amides is 1. The first-order chi connectivity index (χ1) is 9.29. The molecule has 1 aliphatic rings. The fourth-order valence-corrected chi connectivity index (χ4v) is 2.88. The number of aryl methyl sites for hydroxylation is 1. The number of aromatic nitrogens is 3. The molecule has 5 nitrogen and oxygen atoms in total. The number of likely N-dealkylation sites (tertiary alicyclic amines) is 1. The number of nitrogens with one attached hydrogen (secondary N) is 1. The van der Waals surface area contributed by atoms with E-state index in [1.165, 1.54) is 18.2 Å². The van der Waals surface area contributed by atoms with Crippen molar-refractivity contribution in [1.29, 1.82) is 0 Å². The highest BCUT2D eigenvalue weighted by atomic mass is 32.2. The minimum absolute atomic E-state index is 0.213. The van der Waals surface area contributed by atoms with Crippen molar-refractivity contribution in [3.05, 3.63) is 5.82 Å². The van der Waals surface area contributed by atoms with E-state index < -0.39 is 0 Å². The summed E-state index contributed by atoms with van der Waals surface area (Å²) in [4.78, 5) is 18.3. The Bertz CT molecular complexity index is 401. The van der Waals surface area contributed by atoms with Gasteiger partial charge in [-0.05, 0) is 25.7 Å². The third-order valence-electron chi connectivity index (χ3n) is 3.31. The number of thioether (sulfide) groups is 1. The number of carbonyl (C=O) groups is 1. The van der Waals surface area contributed by atoms with Crippen LogP contribution in [-0.2, 0) is 11.2 Å². The monoisotopic (exact) mass is 282 g/mol. The van der Waals surface area contributed by atoms with Crippen LogP contribution in [0.3, 0.4) is 0 Å². The zero-order valence-corrected chi connectivity index (χ0v) is 12.3. The molecule has 0 aromatic carbocycles. The molecule has 6 heteroatoms. The van der Waals surface area contributed by atoms with Gasteiger partial charge in [-0.1, -0.05) is 25.1 Å². The SMILES string of the molecule is CCCCc1nc(SCC(=O)N2CCCCC2)n[nH]1. The van der Waals surface area contributed by atoms with Gasteiger partial charge in [0.1, 0.15) is 5.82 Å². The second kappa shape index (κ2) is 7.53.